The van der Waals surface area contributed by atoms with E-state index < -0.39 is 5.60 Å². The molecule has 4 heterocycles. The summed E-state index contributed by atoms with van der Waals surface area (Å²) >= 11 is 0. The molecule has 0 saturated carbocycles. The van der Waals surface area contributed by atoms with Gasteiger partial charge in [0.15, 0.2) is 0 Å². The van der Waals surface area contributed by atoms with Crippen molar-refractivity contribution in [3.8, 4) is 17.0 Å². The third-order valence-corrected chi connectivity index (χ3v) is 5.92. The zero-order valence-electron chi connectivity index (χ0n) is 19.4. The number of hydrogen-bond acceptors (Lipinski definition) is 4. The number of methoxy groups -OCH3 is 1. The van der Waals surface area contributed by atoms with E-state index in [1.807, 2.05) is 57.4 Å². The van der Waals surface area contributed by atoms with Crippen LogP contribution in [0.1, 0.15) is 32.8 Å². The normalized spacial score (nSPS) is 14.5. The lowest BCUT2D eigenvalue weighted by Crippen LogP contribution is -2.39. The van der Waals surface area contributed by atoms with E-state index in [1.54, 1.807) is 12.0 Å². The van der Waals surface area contributed by atoms with Crippen LogP contribution < -0.4 is 4.74 Å². The lowest BCUT2D eigenvalue weighted by Gasteiger charge is -2.29. The van der Waals surface area contributed by atoms with Crippen LogP contribution >= 0.6 is 0 Å². The Balaban J connectivity index is 1.47. The predicted molar refractivity (Wildman–Crippen MR) is 130 cm³/mol. The molecule has 2 N–H and O–H groups in total. The van der Waals surface area contributed by atoms with Crippen molar-refractivity contribution in [2.75, 3.05) is 20.2 Å². The van der Waals surface area contributed by atoms with E-state index in [-0.39, 0.29) is 6.09 Å². The Labute approximate surface area is 192 Å². The summed E-state index contributed by atoms with van der Waals surface area (Å²) in [5, 5.41) is 2.16. The molecule has 0 saturated heterocycles. The second-order valence-electron chi connectivity index (χ2n) is 9.32. The summed E-state index contributed by atoms with van der Waals surface area (Å²) in [5.41, 5.74) is 5.83. The van der Waals surface area contributed by atoms with Crippen LogP contribution in [0.15, 0.2) is 48.8 Å². The molecule has 0 aliphatic carbocycles. The maximum absolute atomic E-state index is 12.4. The average Bonchev–Trinajstić information content (AvgIpc) is 3.41. The molecule has 1 aromatic carbocycles. The number of nitrogens with zero attached hydrogens (tertiary/aromatic N) is 2. The minimum Gasteiger partial charge on any atom is -0.497 e. The van der Waals surface area contributed by atoms with Crippen LogP contribution in [0.3, 0.4) is 0 Å². The van der Waals surface area contributed by atoms with Crippen molar-refractivity contribution >= 4 is 33.6 Å². The molecule has 3 aromatic heterocycles. The smallest absolute Gasteiger partial charge is 0.410 e. The van der Waals surface area contributed by atoms with Crippen molar-refractivity contribution in [3.63, 3.8) is 0 Å². The number of fused-ring (bicyclic) bond motifs is 2. The Hall–Kier alpha value is -3.74. The van der Waals surface area contributed by atoms with Gasteiger partial charge in [0.2, 0.25) is 0 Å². The van der Waals surface area contributed by atoms with Crippen LogP contribution in [0.2, 0.25) is 0 Å². The van der Waals surface area contributed by atoms with E-state index in [2.05, 4.69) is 27.1 Å². The van der Waals surface area contributed by atoms with Crippen LogP contribution in [-0.4, -0.2) is 51.7 Å². The number of carbonyl (C=O) groups excluding carboxylic acids is 1. The Bertz CT molecular complexity index is 1370. The monoisotopic (exact) mass is 444 g/mol. The van der Waals surface area contributed by atoms with Crippen LogP contribution in [0.5, 0.6) is 5.75 Å². The highest BCUT2D eigenvalue weighted by Crippen LogP contribution is 2.35. The molecule has 0 unspecified atom stereocenters. The summed E-state index contributed by atoms with van der Waals surface area (Å²) in [4.78, 5) is 25.5. The molecule has 5 rings (SSSR count). The molecule has 4 aromatic rings. The number of ether oxygens (including phenoxy) is 2. The van der Waals surface area contributed by atoms with Gasteiger partial charge in [0.1, 0.15) is 17.0 Å². The van der Waals surface area contributed by atoms with Gasteiger partial charge in [-0.05, 0) is 68.7 Å². The summed E-state index contributed by atoms with van der Waals surface area (Å²) in [6.07, 6.45) is 6.45. The highest BCUT2D eigenvalue weighted by atomic mass is 16.6. The lowest BCUT2D eigenvalue weighted by atomic mass is 9.97. The number of amides is 1. The van der Waals surface area contributed by atoms with E-state index in [0.717, 1.165) is 50.9 Å². The van der Waals surface area contributed by atoms with Gasteiger partial charge in [-0.2, -0.15) is 0 Å². The second-order valence-corrected chi connectivity index (χ2v) is 9.32. The molecule has 7 heteroatoms. The Morgan fingerprint density at radius 3 is 2.70 bits per heavy atom. The molecular weight excluding hydrogens is 416 g/mol. The fraction of sp³-hybridized carbons (Fsp3) is 0.308. The van der Waals surface area contributed by atoms with Gasteiger partial charge in [-0.3, -0.25) is 0 Å². The molecule has 0 spiro atoms. The predicted octanol–water partition coefficient (Wildman–Crippen LogP) is 5.74. The standard InChI is InChI=1S/C26H28N4O3/c1-26(2,3)33-25(31)30-11-8-16(9-12-30)18-7-10-27-24-20(18)14-23(29-24)21-15-28-22-6-5-17(32-4)13-19(21)22/h5-8,10,13-15,28H,9,11-12H2,1-4H3,(H,27,29). The first-order valence-electron chi connectivity index (χ1n) is 11.1. The molecule has 0 atom stereocenters. The van der Waals surface area contributed by atoms with Crippen LogP contribution in [0.4, 0.5) is 4.79 Å². The van der Waals surface area contributed by atoms with Gasteiger partial charge in [-0.15, -0.1) is 0 Å². The highest BCUT2D eigenvalue weighted by molar-refractivity contribution is 6.00. The molecule has 170 valence electrons. The summed E-state index contributed by atoms with van der Waals surface area (Å²) in [7, 11) is 1.68. The summed E-state index contributed by atoms with van der Waals surface area (Å²) in [5.74, 6) is 0.820. The third-order valence-electron chi connectivity index (χ3n) is 5.92. The van der Waals surface area contributed by atoms with Gasteiger partial charge >= 0.3 is 6.09 Å². The fourth-order valence-corrected chi connectivity index (χ4v) is 4.31. The molecule has 1 amide bonds. The maximum Gasteiger partial charge on any atom is 0.410 e. The van der Waals surface area contributed by atoms with Gasteiger partial charge in [-0.1, -0.05) is 6.08 Å². The molecule has 0 fully saturated rings. The molecule has 0 radical (unpaired) electrons. The zero-order chi connectivity index (χ0) is 23.2. The van der Waals surface area contributed by atoms with Crippen molar-refractivity contribution in [3.05, 3.63) is 54.4 Å². The van der Waals surface area contributed by atoms with Crippen LogP contribution in [0, 0.1) is 0 Å². The topological polar surface area (TPSA) is 83.2 Å². The summed E-state index contributed by atoms with van der Waals surface area (Å²) in [6, 6.07) is 10.2. The van der Waals surface area contributed by atoms with Crippen LogP contribution in [0.25, 0.3) is 38.8 Å². The van der Waals surface area contributed by atoms with E-state index in [9.17, 15) is 4.79 Å². The first kappa shape index (κ1) is 21.1. The van der Waals surface area contributed by atoms with Crippen molar-refractivity contribution < 1.29 is 14.3 Å². The van der Waals surface area contributed by atoms with Gasteiger partial charge in [0, 0.05) is 53.0 Å². The minimum absolute atomic E-state index is 0.267. The first-order valence-corrected chi connectivity index (χ1v) is 11.1. The number of nitrogens with one attached hydrogen (secondary N) is 2. The van der Waals surface area contributed by atoms with E-state index in [4.69, 9.17) is 9.47 Å². The number of benzene rings is 1. The molecule has 0 bridgehead atoms. The molecular formula is C26H28N4O3. The molecule has 1 aliphatic rings. The quantitative estimate of drug-likeness (QED) is 0.422. The number of carbonyl (C=O) groups is 1. The summed E-state index contributed by atoms with van der Waals surface area (Å²) < 4.78 is 10.9. The average molecular weight is 445 g/mol. The number of rotatable bonds is 3. The van der Waals surface area contributed by atoms with E-state index in [1.165, 1.54) is 5.57 Å². The third kappa shape index (κ3) is 4.06. The van der Waals surface area contributed by atoms with Gasteiger partial charge < -0.3 is 24.3 Å². The lowest BCUT2D eigenvalue weighted by molar-refractivity contribution is 0.0270. The molecule has 33 heavy (non-hydrogen) atoms. The van der Waals surface area contributed by atoms with Crippen molar-refractivity contribution in [1.29, 1.82) is 0 Å². The van der Waals surface area contributed by atoms with Crippen molar-refractivity contribution in [2.24, 2.45) is 0 Å². The van der Waals surface area contributed by atoms with Crippen molar-refractivity contribution in [1.82, 2.24) is 19.9 Å². The van der Waals surface area contributed by atoms with E-state index >= 15 is 0 Å². The van der Waals surface area contributed by atoms with E-state index in [0.29, 0.717) is 13.1 Å². The maximum atomic E-state index is 12.4. The number of aromatic nitrogens is 3. The first-order chi connectivity index (χ1) is 15.8. The molecule has 7 nitrogen and oxygen atoms in total. The van der Waals surface area contributed by atoms with Gasteiger partial charge in [0.25, 0.3) is 0 Å². The second kappa shape index (κ2) is 7.99. The Morgan fingerprint density at radius 1 is 1.12 bits per heavy atom. The summed E-state index contributed by atoms with van der Waals surface area (Å²) in [6.45, 7) is 6.82. The Morgan fingerprint density at radius 2 is 1.97 bits per heavy atom. The largest absolute Gasteiger partial charge is 0.497 e. The number of pyridine rings is 1. The number of hydrogen-bond donors (Lipinski definition) is 2. The SMILES string of the molecule is COc1ccc2[nH]cc(-c3cc4c(C5=CCN(C(=O)OC(C)(C)C)CC5)ccnc4[nH]3)c2c1. The minimum atomic E-state index is -0.494. The zero-order valence-corrected chi connectivity index (χ0v) is 19.4. The van der Waals surface area contributed by atoms with Gasteiger partial charge in [-0.25, -0.2) is 9.78 Å². The number of H-pyrrole nitrogens is 2. The highest BCUT2D eigenvalue weighted by Gasteiger charge is 2.24. The van der Waals surface area contributed by atoms with Crippen LogP contribution in [-0.2, 0) is 4.74 Å². The Kier molecular flexibility index (Phi) is 5.12. The number of aromatic amines is 2. The fourth-order valence-electron chi connectivity index (χ4n) is 4.31. The van der Waals surface area contributed by atoms with Gasteiger partial charge in [0.05, 0.1) is 7.11 Å². The van der Waals surface area contributed by atoms with Crippen molar-refractivity contribution in [2.45, 2.75) is 32.8 Å². The molecule has 1 aliphatic heterocycles.